The molecule has 12 nitrogen and oxygen atoms in total. The first-order valence-corrected chi connectivity index (χ1v) is 24.5. The van der Waals surface area contributed by atoms with Gasteiger partial charge in [-0.25, -0.2) is 0 Å². The van der Waals surface area contributed by atoms with Crippen LogP contribution in [0.2, 0.25) is 0 Å². The molecule has 58 heavy (non-hydrogen) atoms. The average Bonchev–Trinajstić information content (AvgIpc) is 3.18. The second kappa shape index (κ2) is 35.8. The van der Waals surface area contributed by atoms with E-state index in [-0.39, 0.29) is 19.4 Å². The van der Waals surface area contributed by atoms with E-state index in [0.717, 1.165) is 64.2 Å². The number of allylic oxidation sites excluding steroid dienone is 4. The normalized spacial score (nSPS) is 20.6. The molecule has 0 radical (unpaired) electrons. The Morgan fingerprint density at radius 3 is 1.53 bits per heavy atom. The Morgan fingerprint density at radius 2 is 1.03 bits per heavy atom. The van der Waals surface area contributed by atoms with Crippen LogP contribution in [-0.4, -0.2) is 96.0 Å². The van der Waals surface area contributed by atoms with Crippen LogP contribution in [0.4, 0.5) is 0 Å². The quantitative estimate of drug-likeness (QED) is 0.0200. The predicted octanol–water partition coefficient (Wildman–Crippen LogP) is 9.23. The summed E-state index contributed by atoms with van der Waals surface area (Å²) in [5.41, 5.74) is 0. The molecule has 4 N–H and O–H groups in total. The zero-order valence-electron chi connectivity index (χ0n) is 36.2. The highest BCUT2D eigenvalue weighted by Gasteiger charge is 2.46. The molecule has 6 unspecified atom stereocenters. The van der Waals surface area contributed by atoms with Crippen molar-refractivity contribution < 1.29 is 56.8 Å². The molecule has 1 aliphatic heterocycles. The SMILES string of the molecule is CCCCCC/C=C\C/C=C\CCCCCCCC(=O)OC(COC(=O)CCCCCCCCCCCCCCCC)COC1OC(CS(=O)(=O)O)C(O)C(O)C1O. The maximum Gasteiger partial charge on any atom is 0.306 e. The number of carbonyl (C=O) groups is 2. The highest BCUT2D eigenvalue weighted by Crippen LogP contribution is 2.24. The largest absolute Gasteiger partial charge is 0.462 e. The van der Waals surface area contributed by atoms with Gasteiger partial charge in [0.1, 0.15) is 36.8 Å². The number of rotatable bonds is 38. The van der Waals surface area contributed by atoms with Crippen LogP contribution in [0.1, 0.15) is 194 Å². The van der Waals surface area contributed by atoms with Crippen molar-refractivity contribution in [3.8, 4) is 0 Å². The third-order valence-corrected chi connectivity index (χ3v) is 11.3. The van der Waals surface area contributed by atoms with Gasteiger partial charge >= 0.3 is 11.9 Å². The topological polar surface area (TPSA) is 186 Å². The number of hydrogen-bond acceptors (Lipinski definition) is 11. The summed E-state index contributed by atoms with van der Waals surface area (Å²) >= 11 is 0. The smallest absolute Gasteiger partial charge is 0.306 e. The third kappa shape index (κ3) is 30.2. The van der Waals surface area contributed by atoms with Gasteiger partial charge in [-0.05, 0) is 44.9 Å². The van der Waals surface area contributed by atoms with Crippen LogP contribution in [0.15, 0.2) is 24.3 Å². The standard InChI is InChI=1S/C45H82O12S/c1-3-5-7-9-11-13-15-17-19-20-22-24-26-28-30-32-34-41(47)56-38(36-55-45-44(50)43(49)42(48)39(57-45)37-58(51,52)53)35-54-40(46)33-31-29-27-25-23-21-18-16-14-12-10-8-6-4-2/h13,15,19-20,38-39,42-45,48-50H,3-12,14,16-18,21-37H2,1-2H3,(H,51,52,53)/b15-13-,20-19-. The second-order valence-corrected chi connectivity index (χ2v) is 17.6. The Hall–Kier alpha value is -1.87. The van der Waals surface area contributed by atoms with Crippen molar-refractivity contribution in [2.75, 3.05) is 19.0 Å². The van der Waals surface area contributed by atoms with Crippen LogP contribution in [-0.2, 0) is 38.7 Å². The molecule has 0 bridgehead atoms. The van der Waals surface area contributed by atoms with Crippen LogP contribution in [0.25, 0.3) is 0 Å². The fourth-order valence-corrected chi connectivity index (χ4v) is 7.63. The molecule has 340 valence electrons. The van der Waals surface area contributed by atoms with Crippen molar-refractivity contribution in [1.82, 2.24) is 0 Å². The number of ether oxygens (including phenoxy) is 4. The Kier molecular flexibility index (Phi) is 33.5. The molecular weight excluding hydrogens is 765 g/mol. The van der Waals surface area contributed by atoms with Crippen molar-refractivity contribution in [3.05, 3.63) is 24.3 Å². The molecule has 1 heterocycles. The van der Waals surface area contributed by atoms with E-state index < -0.39 is 71.2 Å². The Morgan fingerprint density at radius 1 is 0.586 bits per heavy atom. The molecule has 0 aromatic heterocycles. The van der Waals surface area contributed by atoms with Gasteiger partial charge in [-0.15, -0.1) is 0 Å². The summed E-state index contributed by atoms with van der Waals surface area (Å²) in [7, 11) is -4.60. The number of aliphatic hydroxyl groups is 3. The summed E-state index contributed by atoms with van der Waals surface area (Å²) in [5.74, 6) is -1.99. The number of esters is 2. The molecule has 1 aliphatic rings. The van der Waals surface area contributed by atoms with Crippen molar-refractivity contribution >= 4 is 22.1 Å². The highest BCUT2D eigenvalue weighted by molar-refractivity contribution is 7.85. The van der Waals surface area contributed by atoms with Crippen molar-refractivity contribution in [1.29, 1.82) is 0 Å². The van der Waals surface area contributed by atoms with Crippen LogP contribution in [0.5, 0.6) is 0 Å². The summed E-state index contributed by atoms with van der Waals surface area (Å²) in [6.45, 7) is 3.74. The maximum absolute atomic E-state index is 12.8. The van der Waals surface area contributed by atoms with E-state index in [9.17, 15) is 37.9 Å². The molecule has 1 fully saturated rings. The van der Waals surface area contributed by atoms with Crippen molar-refractivity contribution in [2.45, 2.75) is 230 Å². The fourth-order valence-electron chi connectivity index (χ4n) is 6.94. The average molecular weight is 847 g/mol. The number of hydrogen-bond donors (Lipinski definition) is 4. The summed E-state index contributed by atoms with van der Waals surface area (Å²) < 4.78 is 54.0. The van der Waals surface area contributed by atoms with Crippen molar-refractivity contribution in [2.24, 2.45) is 0 Å². The summed E-state index contributed by atoms with van der Waals surface area (Å²) in [6.07, 6.45) is 29.3. The minimum atomic E-state index is -4.60. The lowest BCUT2D eigenvalue weighted by atomic mass is 10.00. The fraction of sp³-hybridized carbons (Fsp3) is 0.867. The molecule has 0 aromatic rings. The van der Waals surface area contributed by atoms with E-state index in [0.29, 0.717) is 12.8 Å². The van der Waals surface area contributed by atoms with Gasteiger partial charge in [0.2, 0.25) is 0 Å². The van der Waals surface area contributed by atoms with E-state index in [1.165, 1.54) is 89.9 Å². The zero-order valence-corrected chi connectivity index (χ0v) is 37.0. The lowest BCUT2D eigenvalue weighted by Gasteiger charge is -2.40. The molecule has 0 aromatic carbocycles. The zero-order chi connectivity index (χ0) is 42.7. The molecule has 6 atom stereocenters. The highest BCUT2D eigenvalue weighted by atomic mass is 32.2. The first-order valence-electron chi connectivity index (χ1n) is 22.9. The van der Waals surface area contributed by atoms with E-state index in [4.69, 9.17) is 18.9 Å². The number of unbranched alkanes of at least 4 members (excludes halogenated alkanes) is 22. The minimum absolute atomic E-state index is 0.151. The summed E-state index contributed by atoms with van der Waals surface area (Å²) in [6, 6.07) is 0. The Bertz CT molecular complexity index is 1180. The number of carbonyl (C=O) groups excluding carboxylic acids is 2. The Balaban J connectivity index is 2.45. The molecule has 0 amide bonds. The molecular formula is C45H82O12S. The predicted molar refractivity (Wildman–Crippen MR) is 229 cm³/mol. The summed E-state index contributed by atoms with van der Waals surface area (Å²) in [5, 5.41) is 30.9. The molecule has 1 saturated heterocycles. The van der Waals surface area contributed by atoms with Crippen LogP contribution >= 0.6 is 0 Å². The first kappa shape index (κ1) is 54.1. The molecule has 1 rings (SSSR count). The van der Waals surface area contributed by atoms with E-state index in [1.54, 1.807) is 0 Å². The van der Waals surface area contributed by atoms with Gasteiger partial charge in [0.05, 0.1) is 6.61 Å². The summed E-state index contributed by atoms with van der Waals surface area (Å²) in [4.78, 5) is 25.4. The molecule has 0 saturated carbocycles. The van der Waals surface area contributed by atoms with E-state index in [1.807, 2.05) is 0 Å². The lowest BCUT2D eigenvalue weighted by molar-refractivity contribution is -0.297. The van der Waals surface area contributed by atoms with Gasteiger partial charge in [0.25, 0.3) is 10.1 Å². The molecule has 0 spiro atoms. The molecule has 13 heteroatoms. The van der Waals surface area contributed by atoms with E-state index >= 15 is 0 Å². The third-order valence-electron chi connectivity index (χ3n) is 10.5. The van der Waals surface area contributed by atoms with Gasteiger partial charge < -0.3 is 34.3 Å². The Labute approximate surface area is 351 Å². The number of aliphatic hydroxyl groups excluding tert-OH is 3. The van der Waals surface area contributed by atoms with Crippen LogP contribution in [0, 0.1) is 0 Å². The monoisotopic (exact) mass is 847 g/mol. The maximum atomic E-state index is 12.8. The first-order chi connectivity index (χ1) is 28.0. The minimum Gasteiger partial charge on any atom is -0.462 e. The van der Waals surface area contributed by atoms with Gasteiger partial charge in [-0.3, -0.25) is 14.1 Å². The molecule has 0 aliphatic carbocycles. The van der Waals surface area contributed by atoms with Crippen LogP contribution in [0.3, 0.4) is 0 Å². The van der Waals surface area contributed by atoms with Gasteiger partial charge in [0.15, 0.2) is 12.4 Å². The van der Waals surface area contributed by atoms with Crippen LogP contribution < -0.4 is 0 Å². The van der Waals surface area contributed by atoms with Crippen molar-refractivity contribution in [3.63, 3.8) is 0 Å². The van der Waals surface area contributed by atoms with E-state index in [2.05, 4.69) is 38.2 Å². The lowest BCUT2D eigenvalue weighted by Crippen LogP contribution is -2.60. The van der Waals surface area contributed by atoms with Gasteiger partial charge in [-0.2, -0.15) is 8.42 Å². The second-order valence-electron chi connectivity index (χ2n) is 16.1. The van der Waals surface area contributed by atoms with Gasteiger partial charge in [0, 0.05) is 12.8 Å². The van der Waals surface area contributed by atoms with Gasteiger partial charge in [-0.1, -0.05) is 160 Å².